The number of alkyl carbamates (subject to hydrolysis) is 1. The number of pyridine rings is 1. The van der Waals surface area contributed by atoms with Gasteiger partial charge in [-0.15, -0.1) is 0 Å². The lowest BCUT2D eigenvalue weighted by molar-refractivity contribution is -0.0329. The summed E-state index contributed by atoms with van der Waals surface area (Å²) >= 11 is 3.07. The van der Waals surface area contributed by atoms with Gasteiger partial charge in [0, 0.05) is 22.4 Å². The first-order valence-corrected chi connectivity index (χ1v) is 10.3. The Morgan fingerprint density at radius 3 is 2.70 bits per heavy atom. The lowest BCUT2D eigenvalue weighted by Gasteiger charge is -2.20. The van der Waals surface area contributed by atoms with E-state index in [1.807, 2.05) is 0 Å². The predicted octanol–water partition coefficient (Wildman–Crippen LogP) is 5.95. The second-order valence-corrected chi connectivity index (χ2v) is 9.25. The van der Waals surface area contributed by atoms with Crippen LogP contribution in [-0.4, -0.2) is 31.7 Å². The zero-order chi connectivity index (χ0) is 22.3. The molecule has 7 nitrogen and oxygen atoms in total. The lowest BCUT2D eigenvalue weighted by atomic mass is 10.2. The Morgan fingerprint density at radius 1 is 1.37 bits per heavy atom. The Morgan fingerprint density at radius 2 is 2.07 bits per heavy atom. The van der Waals surface area contributed by atoms with Crippen LogP contribution in [0.4, 0.5) is 18.0 Å². The molecule has 0 aliphatic rings. The minimum absolute atomic E-state index is 0.0230. The maximum Gasteiger partial charge on any atom is 0.447 e. The van der Waals surface area contributed by atoms with Crippen LogP contribution in [0.15, 0.2) is 38.4 Å². The largest absolute Gasteiger partial charge is 0.447 e. The SMILES string of the molecule is C[C@@H](NC(=O)OC(C)(C)C)c1nc(-c2cc3c(Br)cccn3c2SC(F)(F)F)no1. The highest BCUT2D eigenvalue weighted by molar-refractivity contribution is 9.10. The van der Waals surface area contributed by atoms with Crippen molar-refractivity contribution < 1.29 is 27.2 Å². The maximum atomic E-state index is 13.2. The fourth-order valence-electron chi connectivity index (χ4n) is 2.58. The first-order valence-electron chi connectivity index (χ1n) is 8.73. The van der Waals surface area contributed by atoms with Gasteiger partial charge in [-0.3, -0.25) is 0 Å². The second-order valence-electron chi connectivity index (χ2n) is 7.35. The first kappa shape index (κ1) is 22.5. The molecule has 1 amide bonds. The smallest absolute Gasteiger partial charge is 0.444 e. The van der Waals surface area contributed by atoms with Gasteiger partial charge in [-0.2, -0.15) is 18.2 Å². The Balaban J connectivity index is 1.94. The highest BCUT2D eigenvalue weighted by Gasteiger charge is 2.34. The minimum atomic E-state index is -4.51. The third kappa shape index (κ3) is 5.28. The number of rotatable bonds is 4. The quantitative estimate of drug-likeness (QED) is 0.440. The molecule has 0 spiro atoms. The summed E-state index contributed by atoms with van der Waals surface area (Å²) in [6.45, 7) is 6.76. The summed E-state index contributed by atoms with van der Waals surface area (Å²) in [5.74, 6) is 0.0123. The van der Waals surface area contributed by atoms with Gasteiger partial charge in [0.2, 0.25) is 11.7 Å². The van der Waals surface area contributed by atoms with Crippen LogP contribution < -0.4 is 5.32 Å². The number of carbonyl (C=O) groups excluding carboxylic acids is 1. The number of fused-ring (bicyclic) bond motifs is 1. The van der Waals surface area contributed by atoms with Crippen molar-refractivity contribution in [3.63, 3.8) is 0 Å². The van der Waals surface area contributed by atoms with Gasteiger partial charge in [0.1, 0.15) is 11.6 Å². The second kappa shape index (κ2) is 8.14. The summed E-state index contributed by atoms with van der Waals surface area (Å²) in [6, 6.07) is 4.17. The van der Waals surface area contributed by atoms with Gasteiger partial charge in [-0.1, -0.05) is 5.16 Å². The van der Waals surface area contributed by atoms with E-state index >= 15 is 0 Å². The van der Waals surface area contributed by atoms with Crippen LogP contribution in [0.1, 0.15) is 39.6 Å². The average Bonchev–Trinajstić information content (AvgIpc) is 3.18. The number of hydrogen-bond donors (Lipinski definition) is 1. The van der Waals surface area contributed by atoms with Crippen LogP contribution in [0.2, 0.25) is 0 Å². The van der Waals surface area contributed by atoms with Crippen molar-refractivity contribution in [1.82, 2.24) is 19.9 Å². The predicted molar refractivity (Wildman–Crippen MR) is 108 cm³/mol. The molecule has 0 aliphatic carbocycles. The van der Waals surface area contributed by atoms with Crippen LogP contribution in [0.25, 0.3) is 16.9 Å². The summed E-state index contributed by atoms with van der Waals surface area (Å²) in [5, 5.41) is 6.27. The third-order valence-electron chi connectivity index (χ3n) is 3.71. The Hall–Kier alpha value is -2.21. The van der Waals surface area contributed by atoms with Gasteiger partial charge in [0.15, 0.2) is 0 Å². The topological polar surface area (TPSA) is 81.7 Å². The van der Waals surface area contributed by atoms with E-state index in [0.29, 0.717) is 9.99 Å². The van der Waals surface area contributed by atoms with Crippen molar-refractivity contribution in [2.75, 3.05) is 0 Å². The van der Waals surface area contributed by atoms with Crippen molar-refractivity contribution in [1.29, 1.82) is 0 Å². The molecule has 0 aliphatic heterocycles. The molecule has 0 aromatic carbocycles. The molecule has 3 aromatic heterocycles. The van der Waals surface area contributed by atoms with Crippen LogP contribution >= 0.6 is 27.7 Å². The molecule has 30 heavy (non-hydrogen) atoms. The molecule has 1 atom stereocenters. The van der Waals surface area contributed by atoms with Gasteiger partial charge in [0.05, 0.1) is 16.1 Å². The minimum Gasteiger partial charge on any atom is -0.444 e. The molecule has 3 rings (SSSR count). The molecule has 12 heteroatoms. The van der Waals surface area contributed by atoms with Crippen LogP contribution in [0.5, 0.6) is 0 Å². The number of alkyl halides is 3. The molecular weight excluding hydrogens is 489 g/mol. The third-order valence-corrected chi connectivity index (χ3v) is 5.22. The van der Waals surface area contributed by atoms with E-state index in [4.69, 9.17) is 9.26 Å². The zero-order valence-electron chi connectivity index (χ0n) is 16.4. The molecule has 3 heterocycles. The first-order chi connectivity index (χ1) is 13.8. The average molecular weight is 507 g/mol. The molecule has 0 fully saturated rings. The number of carbonyl (C=O) groups is 1. The number of nitrogens with zero attached hydrogens (tertiary/aromatic N) is 3. The van der Waals surface area contributed by atoms with Crippen molar-refractivity contribution in [3.05, 3.63) is 34.8 Å². The standard InChI is InChI=1S/C18H18BrF3N4O3S/c1-9(23-16(27)28-17(2,3)4)14-24-13(25-29-14)10-8-12-11(19)6-5-7-26(12)15(10)30-18(20,21)22/h5-9H,1-4H3,(H,23,27)/t9-/m1/s1. The summed E-state index contributed by atoms with van der Waals surface area (Å²) < 4.78 is 51.9. The maximum absolute atomic E-state index is 13.2. The molecule has 0 saturated carbocycles. The van der Waals surface area contributed by atoms with Gasteiger partial charge in [-0.05, 0) is 61.8 Å². The monoisotopic (exact) mass is 506 g/mol. The van der Waals surface area contributed by atoms with E-state index in [0.717, 1.165) is 0 Å². The number of thioether (sulfide) groups is 1. The van der Waals surface area contributed by atoms with Crippen LogP contribution in [0, 0.1) is 0 Å². The molecule has 0 bridgehead atoms. The molecule has 0 radical (unpaired) electrons. The summed E-state index contributed by atoms with van der Waals surface area (Å²) in [6.07, 6.45) is 0.840. The fourth-order valence-corrected chi connectivity index (χ4v) is 3.77. The summed E-state index contributed by atoms with van der Waals surface area (Å²) in [4.78, 5) is 16.1. The highest BCUT2D eigenvalue weighted by atomic mass is 79.9. The normalized spacial score (nSPS) is 13.5. The van der Waals surface area contributed by atoms with Gasteiger partial charge < -0.3 is 19.0 Å². The summed E-state index contributed by atoms with van der Waals surface area (Å²) in [5.41, 5.74) is -4.52. The van der Waals surface area contributed by atoms with Crippen LogP contribution in [0.3, 0.4) is 0 Å². The van der Waals surface area contributed by atoms with Crippen molar-refractivity contribution in [2.24, 2.45) is 0 Å². The van der Waals surface area contributed by atoms with E-state index in [9.17, 15) is 18.0 Å². The van der Waals surface area contributed by atoms with E-state index in [2.05, 4.69) is 31.4 Å². The zero-order valence-corrected chi connectivity index (χ0v) is 18.8. The Labute approximate surface area is 182 Å². The molecule has 3 aromatic rings. The number of halogens is 4. The Bertz CT molecular complexity index is 1070. The highest BCUT2D eigenvalue weighted by Crippen LogP contribution is 2.43. The van der Waals surface area contributed by atoms with Crippen molar-refractivity contribution in [2.45, 2.75) is 49.9 Å². The summed E-state index contributed by atoms with van der Waals surface area (Å²) in [7, 11) is 0. The molecule has 0 unspecified atom stereocenters. The van der Waals surface area contributed by atoms with Crippen molar-refractivity contribution in [3.8, 4) is 11.4 Å². The van der Waals surface area contributed by atoms with E-state index in [1.165, 1.54) is 10.6 Å². The van der Waals surface area contributed by atoms with Gasteiger partial charge in [-0.25, -0.2) is 4.79 Å². The number of aromatic nitrogens is 3. The van der Waals surface area contributed by atoms with E-state index < -0.39 is 23.2 Å². The van der Waals surface area contributed by atoms with Gasteiger partial charge >= 0.3 is 11.6 Å². The molecular formula is C18H18BrF3N4O3S. The number of hydrogen-bond acceptors (Lipinski definition) is 6. The molecule has 162 valence electrons. The number of ether oxygens (including phenoxy) is 1. The molecule has 0 saturated heterocycles. The van der Waals surface area contributed by atoms with E-state index in [1.54, 1.807) is 45.9 Å². The lowest BCUT2D eigenvalue weighted by Crippen LogP contribution is -2.34. The van der Waals surface area contributed by atoms with Crippen molar-refractivity contribution >= 4 is 39.3 Å². The van der Waals surface area contributed by atoms with E-state index in [-0.39, 0.29) is 34.1 Å². The van der Waals surface area contributed by atoms with Gasteiger partial charge in [0.25, 0.3) is 0 Å². The number of nitrogens with one attached hydrogen (secondary N) is 1. The Kier molecular flexibility index (Phi) is 6.10. The fraction of sp³-hybridized carbons (Fsp3) is 0.389. The molecule has 1 N–H and O–H groups in total. The van der Waals surface area contributed by atoms with Crippen LogP contribution in [-0.2, 0) is 4.74 Å². The number of amides is 1.